The summed E-state index contributed by atoms with van der Waals surface area (Å²) >= 11 is 0. The van der Waals surface area contributed by atoms with Crippen molar-refractivity contribution >= 4 is 57.0 Å². The molecule has 0 fully saturated rings. The number of rotatable bonds is 0. The molecule has 72 valence electrons. The summed E-state index contributed by atoms with van der Waals surface area (Å²) in [6.07, 6.45) is 0. The van der Waals surface area contributed by atoms with Crippen LogP contribution in [0.3, 0.4) is 0 Å². The van der Waals surface area contributed by atoms with E-state index in [4.69, 9.17) is 34.9 Å². The first-order valence-corrected chi connectivity index (χ1v) is 2.59. The molecule has 0 saturated carbocycles. The summed E-state index contributed by atoms with van der Waals surface area (Å²) in [4.78, 5) is 17.8. The van der Waals surface area contributed by atoms with Crippen molar-refractivity contribution in [2.75, 3.05) is 0 Å². The van der Waals surface area contributed by atoms with E-state index in [1.807, 2.05) is 0 Å². The van der Waals surface area contributed by atoms with Gasteiger partial charge in [-0.15, -0.1) is 0 Å². The second kappa shape index (κ2) is 18.0. The number of carboxylic acid groups (broad SMARTS) is 2. The van der Waals surface area contributed by atoms with Gasteiger partial charge in [-0.25, -0.2) is 0 Å². The Kier molecular flexibility index (Phi) is 32.2. The Morgan fingerprint density at radius 2 is 1.00 bits per heavy atom. The van der Waals surface area contributed by atoms with Crippen molar-refractivity contribution in [3.05, 3.63) is 0 Å². The van der Waals surface area contributed by atoms with Gasteiger partial charge in [0.1, 0.15) is 0 Å². The molecule has 0 radical (unpaired) electrons. The zero-order valence-corrected chi connectivity index (χ0v) is 9.47. The first kappa shape index (κ1) is 23.2. The topological polar surface area (TPSA) is 141 Å². The van der Waals surface area contributed by atoms with Crippen molar-refractivity contribution < 1.29 is 34.9 Å². The van der Waals surface area contributed by atoms with Crippen LogP contribution in [0, 0.1) is 0 Å². The molecule has 0 rings (SSSR count). The zero-order chi connectivity index (χ0) is 10.7. The Morgan fingerprint density at radius 3 is 1.00 bits per heavy atom. The molecule has 0 aromatic rings. The van der Waals surface area contributed by atoms with Gasteiger partial charge >= 0.3 is 45.1 Å². The van der Waals surface area contributed by atoms with Crippen molar-refractivity contribution in [3.63, 3.8) is 0 Å². The van der Waals surface area contributed by atoms with Crippen LogP contribution in [0.5, 0.6) is 0 Å². The third-order valence-electron chi connectivity index (χ3n) is 0. The average Bonchev–Trinajstić information content (AvgIpc) is 1.54. The van der Waals surface area contributed by atoms with Gasteiger partial charge in [0.25, 0.3) is 0 Å². The van der Waals surface area contributed by atoms with E-state index >= 15 is 0 Å². The van der Waals surface area contributed by atoms with Crippen molar-refractivity contribution in [1.82, 2.24) is 0 Å². The van der Waals surface area contributed by atoms with Crippen LogP contribution in [-0.2, 0) is 9.59 Å². The minimum atomic E-state index is -2.17. The predicted octanol–water partition coefficient (Wildman–Crippen LogP) is -4.92. The fourth-order valence-corrected chi connectivity index (χ4v) is 0. The Bertz CT molecular complexity index is 105. The van der Waals surface area contributed by atoms with Crippen LogP contribution >= 0.6 is 0 Å². The summed E-state index contributed by atoms with van der Waals surface area (Å²) in [6, 6.07) is 0. The molecule has 0 aliphatic carbocycles. The molecule has 13 heavy (non-hydrogen) atoms. The Labute approximate surface area is 105 Å². The van der Waals surface area contributed by atoms with E-state index < -0.39 is 19.3 Å². The van der Waals surface area contributed by atoms with E-state index in [-0.39, 0.29) is 37.7 Å². The number of carbonyl (C=O) groups excluding carboxylic acids is 2. The van der Waals surface area contributed by atoms with Gasteiger partial charge in [0.15, 0.2) is 0 Å². The van der Waals surface area contributed by atoms with Crippen molar-refractivity contribution in [2.45, 2.75) is 13.8 Å². The van der Waals surface area contributed by atoms with Crippen LogP contribution in [0.15, 0.2) is 0 Å². The van der Waals surface area contributed by atoms with E-state index in [1.54, 1.807) is 0 Å². The molecule has 0 aliphatic rings. The van der Waals surface area contributed by atoms with Crippen LogP contribution in [-0.4, -0.2) is 72.1 Å². The van der Waals surface area contributed by atoms with Gasteiger partial charge in [0, 0.05) is 11.9 Å². The van der Waals surface area contributed by atoms with Crippen LogP contribution < -0.4 is 10.2 Å². The first-order chi connectivity index (χ1) is 5.20. The molecule has 0 atom stereocenters. The number of hydrogen-bond donors (Lipinski definition) is 3. The normalized spacial score (nSPS) is 5.92. The average molecular weight is 220 g/mol. The Hall–Kier alpha value is 0.145. The number of carbonyl (C=O) groups is 2. The van der Waals surface area contributed by atoms with Gasteiger partial charge in [0.2, 0.25) is 0 Å². The maximum Gasteiger partial charge on any atom is 2.00 e. The fourth-order valence-electron chi connectivity index (χ4n) is 0. The molecule has 0 bridgehead atoms. The van der Waals surface area contributed by atoms with Gasteiger partial charge in [-0.1, -0.05) is 0 Å². The van der Waals surface area contributed by atoms with Gasteiger partial charge in [-0.3, -0.25) is 0 Å². The molecule has 0 aromatic carbocycles. The molecule has 0 aliphatic heterocycles. The smallest absolute Gasteiger partial charge is 0.550 e. The maximum atomic E-state index is 8.89. The summed E-state index contributed by atoms with van der Waals surface area (Å²) in [5.41, 5.74) is 0. The van der Waals surface area contributed by atoms with Crippen LogP contribution in [0.2, 0.25) is 0 Å². The summed E-state index contributed by atoms with van der Waals surface area (Å²) in [5, 5.41) is 39.3. The number of aliphatic carboxylic acids is 2. The quantitative estimate of drug-likeness (QED) is 0.347. The van der Waals surface area contributed by atoms with Gasteiger partial charge in [-0.2, -0.15) is 0 Å². The largest absolute Gasteiger partial charge is 2.00 e. The zero-order valence-electron chi connectivity index (χ0n) is 7.26. The molecule has 0 aromatic heterocycles. The summed E-state index contributed by atoms with van der Waals surface area (Å²) in [6.45, 7) is 1.94. The van der Waals surface area contributed by atoms with E-state index in [2.05, 4.69) is 0 Å². The summed E-state index contributed by atoms with van der Waals surface area (Å²) in [7, 11) is -2.17. The van der Waals surface area contributed by atoms with Crippen LogP contribution in [0.1, 0.15) is 13.8 Å². The minimum Gasteiger partial charge on any atom is -0.550 e. The standard InChI is InChI=1S/2C2H4O2.BH3O3.Ca/c2*1-2(3)4;2-1(3)4;/h2*1H3,(H,3,4);2-4H;/q;;;+2/p-2. The molecular weight excluding hydrogens is 211 g/mol. The molecule has 7 nitrogen and oxygen atoms in total. The third kappa shape index (κ3) is 59700. The SMILES string of the molecule is CC(=O)[O-].CC(=O)[O-].OB(O)O.[Ca+2]. The molecule has 0 saturated heterocycles. The molecular formula is C4H9BCaO7. The van der Waals surface area contributed by atoms with Crippen LogP contribution in [0.4, 0.5) is 0 Å². The first-order valence-electron chi connectivity index (χ1n) is 2.59. The van der Waals surface area contributed by atoms with E-state index in [0.717, 1.165) is 13.8 Å². The Balaban J connectivity index is -0.0000000450. The van der Waals surface area contributed by atoms with E-state index in [1.165, 1.54) is 0 Å². The predicted molar refractivity (Wildman–Crippen MR) is 39.5 cm³/mol. The molecule has 0 amide bonds. The summed E-state index contributed by atoms with van der Waals surface area (Å²) < 4.78 is 0. The van der Waals surface area contributed by atoms with Crippen molar-refractivity contribution in [3.8, 4) is 0 Å². The maximum absolute atomic E-state index is 8.89. The van der Waals surface area contributed by atoms with Crippen molar-refractivity contribution in [2.24, 2.45) is 0 Å². The van der Waals surface area contributed by atoms with E-state index in [0.29, 0.717) is 0 Å². The molecule has 0 spiro atoms. The number of carboxylic acids is 2. The fraction of sp³-hybridized carbons (Fsp3) is 0.500. The number of hydrogen-bond acceptors (Lipinski definition) is 7. The van der Waals surface area contributed by atoms with Gasteiger partial charge in [-0.05, 0) is 13.8 Å². The Morgan fingerprint density at radius 1 is 1.00 bits per heavy atom. The summed E-state index contributed by atoms with van der Waals surface area (Å²) in [5.74, 6) is -2.17. The van der Waals surface area contributed by atoms with E-state index in [9.17, 15) is 0 Å². The minimum absolute atomic E-state index is 0. The third-order valence-corrected chi connectivity index (χ3v) is 0. The molecule has 0 heterocycles. The second-order valence-corrected chi connectivity index (χ2v) is 1.33. The monoisotopic (exact) mass is 220 g/mol. The van der Waals surface area contributed by atoms with Gasteiger partial charge < -0.3 is 34.9 Å². The molecule has 9 heteroatoms. The molecule has 3 N–H and O–H groups in total. The van der Waals surface area contributed by atoms with Crippen LogP contribution in [0.25, 0.3) is 0 Å². The van der Waals surface area contributed by atoms with Gasteiger partial charge in [0.05, 0.1) is 0 Å². The van der Waals surface area contributed by atoms with Crippen molar-refractivity contribution in [1.29, 1.82) is 0 Å². The molecule has 0 unspecified atom stereocenters. The second-order valence-electron chi connectivity index (χ2n) is 1.33.